The predicted molar refractivity (Wildman–Crippen MR) is 140 cm³/mol. The van der Waals surface area contributed by atoms with Crippen molar-refractivity contribution in [2.24, 2.45) is 0 Å². The number of aryl methyl sites for hydroxylation is 4. The van der Waals surface area contributed by atoms with Crippen LogP contribution in [0.3, 0.4) is 0 Å². The smallest absolute Gasteiger partial charge is 0.142 e. The van der Waals surface area contributed by atoms with Crippen molar-refractivity contribution in [1.29, 1.82) is 0 Å². The largest absolute Gasteiger partial charge is 0.207 e. The molecule has 0 heterocycles. The van der Waals surface area contributed by atoms with Gasteiger partial charge in [0.05, 0.1) is 5.02 Å². The van der Waals surface area contributed by atoms with Gasteiger partial charge in [0.2, 0.25) is 0 Å². The SMILES string of the molecule is C/C=C/CCc1cc(F)c(CCc2ccc3c(F)c(CCc4ccc(Cl)c(F)c4)ccc3c2)c(F)c1. The highest BCUT2D eigenvalue weighted by atomic mass is 35.5. The maximum absolute atomic E-state index is 15.2. The van der Waals surface area contributed by atoms with Crippen LogP contribution < -0.4 is 0 Å². The number of hydrogen-bond donors (Lipinski definition) is 0. The summed E-state index contributed by atoms with van der Waals surface area (Å²) in [7, 11) is 0. The molecule has 0 radical (unpaired) electrons. The molecule has 5 heteroatoms. The summed E-state index contributed by atoms with van der Waals surface area (Å²) >= 11 is 5.73. The molecule has 0 nitrogen and oxygen atoms in total. The second kappa shape index (κ2) is 11.7. The Balaban J connectivity index is 1.45. The molecule has 0 saturated heterocycles. The van der Waals surface area contributed by atoms with Crippen LogP contribution in [0, 0.1) is 23.3 Å². The van der Waals surface area contributed by atoms with Crippen LogP contribution in [0.25, 0.3) is 10.8 Å². The highest BCUT2D eigenvalue weighted by Crippen LogP contribution is 2.26. The van der Waals surface area contributed by atoms with Gasteiger partial charge in [-0.15, -0.1) is 0 Å². The van der Waals surface area contributed by atoms with Gasteiger partial charge >= 0.3 is 0 Å². The zero-order chi connectivity index (χ0) is 25.7. The Morgan fingerprint density at radius 1 is 0.667 bits per heavy atom. The number of halogens is 5. The third-order valence-electron chi connectivity index (χ3n) is 6.47. The number of fused-ring (bicyclic) bond motifs is 1. The van der Waals surface area contributed by atoms with Gasteiger partial charge in [-0.05, 0) is 97.4 Å². The van der Waals surface area contributed by atoms with E-state index in [9.17, 15) is 13.2 Å². The normalized spacial score (nSPS) is 11.6. The van der Waals surface area contributed by atoms with E-state index in [1.165, 1.54) is 24.3 Å². The summed E-state index contributed by atoms with van der Waals surface area (Å²) in [6.07, 6.45) is 6.78. The predicted octanol–water partition coefficient (Wildman–Crippen LogP) is 9.13. The molecule has 4 aromatic rings. The Morgan fingerprint density at radius 2 is 1.33 bits per heavy atom. The van der Waals surface area contributed by atoms with Crippen molar-refractivity contribution in [2.45, 2.75) is 45.4 Å². The Morgan fingerprint density at radius 3 is 2.06 bits per heavy atom. The number of rotatable bonds is 9. The molecule has 0 aliphatic heterocycles. The van der Waals surface area contributed by atoms with Crippen molar-refractivity contribution in [3.05, 3.63) is 129 Å². The average molecular weight is 511 g/mol. The quantitative estimate of drug-likeness (QED) is 0.155. The monoisotopic (exact) mass is 510 g/mol. The molecule has 0 aliphatic rings. The Hall–Kier alpha value is -3.11. The first-order valence-corrected chi connectivity index (χ1v) is 12.5. The van der Waals surface area contributed by atoms with E-state index in [2.05, 4.69) is 0 Å². The van der Waals surface area contributed by atoms with E-state index >= 15 is 4.39 Å². The molecule has 0 spiro atoms. The highest BCUT2D eigenvalue weighted by Gasteiger charge is 2.13. The molecule has 0 aromatic heterocycles. The summed E-state index contributed by atoms with van der Waals surface area (Å²) in [5.41, 5.74) is 2.89. The van der Waals surface area contributed by atoms with Crippen molar-refractivity contribution in [3.8, 4) is 0 Å². The summed E-state index contributed by atoms with van der Waals surface area (Å²) in [6, 6.07) is 16.4. The van der Waals surface area contributed by atoms with Gasteiger partial charge in [0.15, 0.2) is 0 Å². The molecule has 0 unspecified atom stereocenters. The molecular formula is C31H27ClF4. The topological polar surface area (TPSA) is 0 Å². The second-order valence-electron chi connectivity index (χ2n) is 8.99. The zero-order valence-electron chi connectivity index (χ0n) is 20.1. The molecule has 0 saturated carbocycles. The van der Waals surface area contributed by atoms with Crippen LogP contribution >= 0.6 is 11.6 Å². The van der Waals surface area contributed by atoms with Crippen molar-refractivity contribution in [3.63, 3.8) is 0 Å². The van der Waals surface area contributed by atoms with Crippen molar-refractivity contribution < 1.29 is 17.6 Å². The molecule has 0 N–H and O–H groups in total. The molecule has 36 heavy (non-hydrogen) atoms. The fourth-order valence-corrected chi connectivity index (χ4v) is 4.55. The Bertz CT molecular complexity index is 1380. The van der Waals surface area contributed by atoms with E-state index in [4.69, 9.17) is 11.6 Å². The minimum absolute atomic E-state index is 0.0639. The molecule has 0 bridgehead atoms. The van der Waals surface area contributed by atoms with Crippen LogP contribution in [-0.4, -0.2) is 0 Å². The molecule has 186 valence electrons. The minimum Gasteiger partial charge on any atom is -0.207 e. The first-order valence-electron chi connectivity index (χ1n) is 12.1. The van der Waals surface area contributed by atoms with Crippen molar-refractivity contribution >= 4 is 22.4 Å². The summed E-state index contributed by atoms with van der Waals surface area (Å²) in [5.74, 6) is -1.84. The standard InChI is InChI=1S/C31H27ClF4/c1-2-3-4-5-22-18-28(33)26(29(34)19-22)14-8-20-7-13-25-24(16-20)12-11-23(31(25)36)10-6-21-9-15-27(32)30(35)17-21/h2-3,7,9,11-13,15-19H,4-6,8,10,14H2,1H3/b3-2+. The Kier molecular flexibility index (Phi) is 8.48. The van der Waals surface area contributed by atoms with Crippen LogP contribution in [0.1, 0.15) is 41.2 Å². The maximum Gasteiger partial charge on any atom is 0.142 e. The first-order chi connectivity index (χ1) is 17.4. The van der Waals surface area contributed by atoms with E-state index in [0.29, 0.717) is 42.2 Å². The van der Waals surface area contributed by atoms with Gasteiger partial charge in [-0.2, -0.15) is 0 Å². The summed E-state index contributed by atoms with van der Waals surface area (Å²) < 4.78 is 58.0. The average Bonchev–Trinajstić information content (AvgIpc) is 2.85. The maximum atomic E-state index is 15.2. The van der Waals surface area contributed by atoms with Gasteiger partial charge in [0.1, 0.15) is 23.3 Å². The van der Waals surface area contributed by atoms with Gasteiger partial charge in [-0.3, -0.25) is 0 Å². The molecular weight excluding hydrogens is 484 g/mol. The lowest BCUT2D eigenvalue weighted by Gasteiger charge is -2.10. The second-order valence-corrected chi connectivity index (χ2v) is 9.40. The lowest BCUT2D eigenvalue weighted by atomic mass is 9.96. The number of benzene rings is 4. The van der Waals surface area contributed by atoms with Gasteiger partial charge < -0.3 is 0 Å². The fraction of sp³-hybridized carbons (Fsp3) is 0.226. The van der Waals surface area contributed by atoms with Crippen LogP contribution in [0.5, 0.6) is 0 Å². The summed E-state index contributed by atoms with van der Waals surface area (Å²) in [4.78, 5) is 0. The molecule has 4 rings (SSSR count). The fourth-order valence-electron chi connectivity index (χ4n) is 4.43. The number of allylic oxidation sites excluding steroid dienone is 2. The molecule has 0 amide bonds. The lowest BCUT2D eigenvalue weighted by molar-refractivity contribution is 0.551. The van der Waals surface area contributed by atoms with Gasteiger partial charge in [0.25, 0.3) is 0 Å². The molecule has 4 aromatic carbocycles. The minimum atomic E-state index is -0.525. The third kappa shape index (κ3) is 6.17. The highest BCUT2D eigenvalue weighted by molar-refractivity contribution is 6.30. The van der Waals surface area contributed by atoms with Crippen LogP contribution in [0.15, 0.2) is 72.8 Å². The van der Waals surface area contributed by atoms with E-state index < -0.39 is 17.5 Å². The van der Waals surface area contributed by atoms with E-state index in [1.54, 1.807) is 24.3 Å². The molecule has 0 aliphatic carbocycles. The van der Waals surface area contributed by atoms with E-state index in [0.717, 1.165) is 22.9 Å². The van der Waals surface area contributed by atoms with Crippen molar-refractivity contribution in [2.75, 3.05) is 0 Å². The lowest BCUT2D eigenvalue weighted by Crippen LogP contribution is -2.01. The Labute approximate surface area is 214 Å². The van der Waals surface area contributed by atoms with Crippen LogP contribution in [0.4, 0.5) is 17.6 Å². The first kappa shape index (κ1) is 26.0. The molecule has 0 atom stereocenters. The van der Waals surface area contributed by atoms with Crippen LogP contribution in [0.2, 0.25) is 5.02 Å². The van der Waals surface area contributed by atoms with Crippen LogP contribution in [-0.2, 0) is 32.1 Å². The summed E-state index contributed by atoms with van der Waals surface area (Å²) in [5, 5.41) is 1.28. The third-order valence-corrected chi connectivity index (χ3v) is 6.77. The van der Waals surface area contributed by atoms with E-state index in [1.807, 2.05) is 31.2 Å². The molecule has 0 fully saturated rings. The van der Waals surface area contributed by atoms with E-state index in [-0.39, 0.29) is 22.8 Å². The van der Waals surface area contributed by atoms with Gasteiger partial charge in [-0.1, -0.05) is 60.2 Å². The summed E-state index contributed by atoms with van der Waals surface area (Å²) in [6.45, 7) is 1.91. The van der Waals surface area contributed by atoms with Gasteiger partial charge in [0, 0.05) is 10.9 Å². The van der Waals surface area contributed by atoms with Gasteiger partial charge in [-0.25, -0.2) is 17.6 Å². The zero-order valence-corrected chi connectivity index (χ0v) is 20.8. The van der Waals surface area contributed by atoms with Crippen molar-refractivity contribution in [1.82, 2.24) is 0 Å². The number of hydrogen-bond acceptors (Lipinski definition) is 0.